The highest BCUT2D eigenvalue weighted by Gasteiger charge is 2.13. The minimum atomic E-state index is 0.313. The Morgan fingerprint density at radius 1 is 1.21 bits per heavy atom. The van der Waals surface area contributed by atoms with Crippen molar-refractivity contribution in [3.63, 3.8) is 0 Å². The van der Waals surface area contributed by atoms with Gasteiger partial charge in [0.05, 0.1) is 5.69 Å². The third kappa shape index (κ3) is 1.06. The van der Waals surface area contributed by atoms with Gasteiger partial charge in [0, 0.05) is 17.8 Å². The molecule has 0 bridgehead atoms. The van der Waals surface area contributed by atoms with Crippen LogP contribution in [-0.2, 0) is 0 Å². The first-order valence-electron chi connectivity index (χ1n) is 4.38. The van der Waals surface area contributed by atoms with Crippen molar-refractivity contribution in [3.8, 4) is 22.8 Å². The van der Waals surface area contributed by atoms with Crippen LogP contribution in [0.1, 0.15) is 0 Å². The van der Waals surface area contributed by atoms with Gasteiger partial charge in [0.2, 0.25) is 6.79 Å². The van der Waals surface area contributed by atoms with Crippen LogP contribution in [0.3, 0.4) is 0 Å². The molecule has 0 fully saturated rings. The van der Waals surface area contributed by atoms with E-state index in [1.807, 2.05) is 30.5 Å². The fraction of sp³-hybridized carbons (Fsp3) is 0.0909. The predicted molar refractivity (Wildman–Crippen MR) is 51.2 cm³/mol. The Hall–Kier alpha value is -1.90. The molecule has 0 saturated heterocycles. The maximum Gasteiger partial charge on any atom is 0.231 e. The van der Waals surface area contributed by atoms with Crippen molar-refractivity contribution in [1.29, 1.82) is 0 Å². The van der Waals surface area contributed by atoms with E-state index in [9.17, 15) is 0 Å². The molecule has 1 N–H and O–H groups in total. The summed E-state index contributed by atoms with van der Waals surface area (Å²) >= 11 is 0. The van der Waals surface area contributed by atoms with Gasteiger partial charge in [-0.15, -0.1) is 0 Å². The van der Waals surface area contributed by atoms with Crippen molar-refractivity contribution in [2.45, 2.75) is 0 Å². The molecular weight excluding hydrogens is 178 g/mol. The number of fused-ring (bicyclic) bond motifs is 1. The molecule has 3 heteroatoms. The molecule has 3 nitrogen and oxygen atoms in total. The Morgan fingerprint density at radius 2 is 2.14 bits per heavy atom. The van der Waals surface area contributed by atoms with Crippen molar-refractivity contribution in [2.75, 3.05) is 6.79 Å². The van der Waals surface area contributed by atoms with Gasteiger partial charge in [0.15, 0.2) is 11.5 Å². The number of aromatic amines is 1. The second kappa shape index (κ2) is 2.80. The highest BCUT2D eigenvalue weighted by Crippen LogP contribution is 2.35. The maximum absolute atomic E-state index is 5.29. The van der Waals surface area contributed by atoms with Crippen molar-refractivity contribution in [2.24, 2.45) is 0 Å². The molecule has 0 spiro atoms. The first kappa shape index (κ1) is 7.50. The average Bonchev–Trinajstić information content (AvgIpc) is 2.88. The van der Waals surface area contributed by atoms with Crippen LogP contribution in [0.5, 0.6) is 11.5 Å². The zero-order valence-electron chi connectivity index (χ0n) is 7.41. The van der Waals surface area contributed by atoms with Crippen LogP contribution in [0, 0.1) is 6.07 Å². The molecule has 3 rings (SSSR count). The molecule has 14 heavy (non-hydrogen) atoms. The SMILES string of the molecule is [c]1cc[nH]c1-c1ccc2c(c1)OCO2. The lowest BCUT2D eigenvalue weighted by Crippen LogP contribution is -1.92. The molecule has 2 heterocycles. The molecule has 0 atom stereocenters. The third-order valence-corrected chi connectivity index (χ3v) is 2.20. The van der Waals surface area contributed by atoms with Gasteiger partial charge in [-0.3, -0.25) is 0 Å². The van der Waals surface area contributed by atoms with Crippen LogP contribution in [-0.4, -0.2) is 11.8 Å². The molecule has 1 aromatic carbocycles. The topological polar surface area (TPSA) is 34.2 Å². The molecular formula is C11H8NO2. The second-order valence-electron chi connectivity index (χ2n) is 3.07. The van der Waals surface area contributed by atoms with Crippen LogP contribution in [0.4, 0.5) is 0 Å². The summed E-state index contributed by atoms with van der Waals surface area (Å²) in [6.07, 6.45) is 1.85. The van der Waals surface area contributed by atoms with E-state index in [0.717, 1.165) is 22.8 Å². The van der Waals surface area contributed by atoms with E-state index in [1.54, 1.807) is 0 Å². The molecule has 69 valence electrons. The van der Waals surface area contributed by atoms with E-state index in [-0.39, 0.29) is 0 Å². The summed E-state index contributed by atoms with van der Waals surface area (Å²) in [6, 6.07) is 10.8. The van der Waals surface area contributed by atoms with Crippen LogP contribution in [0.15, 0.2) is 30.5 Å². The smallest absolute Gasteiger partial charge is 0.231 e. The minimum Gasteiger partial charge on any atom is -0.454 e. The van der Waals surface area contributed by atoms with Crippen molar-refractivity contribution in [1.82, 2.24) is 4.98 Å². The molecule has 1 radical (unpaired) electrons. The Morgan fingerprint density at radius 3 is 3.00 bits per heavy atom. The summed E-state index contributed by atoms with van der Waals surface area (Å²) in [5.41, 5.74) is 2.02. The van der Waals surface area contributed by atoms with E-state index in [4.69, 9.17) is 9.47 Å². The van der Waals surface area contributed by atoms with Gasteiger partial charge in [0.25, 0.3) is 0 Å². The average molecular weight is 186 g/mol. The van der Waals surface area contributed by atoms with E-state index in [1.165, 1.54) is 0 Å². The Balaban J connectivity index is 2.09. The fourth-order valence-corrected chi connectivity index (χ4v) is 1.51. The zero-order chi connectivity index (χ0) is 9.38. The number of benzene rings is 1. The lowest BCUT2D eigenvalue weighted by Gasteiger charge is -1.99. The molecule has 0 saturated carbocycles. The van der Waals surface area contributed by atoms with E-state index >= 15 is 0 Å². The molecule has 2 aromatic rings. The van der Waals surface area contributed by atoms with Crippen LogP contribution >= 0.6 is 0 Å². The van der Waals surface area contributed by atoms with Crippen molar-refractivity contribution >= 4 is 0 Å². The molecule has 0 aliphatic carbocycles. The van der Waals surface area contributed by atoms with Gasteiger partial charge < -0.3 is 14.5 Å². The number of hydrogen-bond donors (Lipinski definition) is 1. The summed E-state index contributed by atoms with van der Waals surface area (Å²) in [5.74, 6) is 1.60. The van der Waals surface area contributed by atoms with Crippen LogP contribution < -0.4 is 9.47 Å². The number of hydrogen-bond acceptors (Lipinski definition) is 2. The van der Waals surface area contributed by atoms with Gasteiger partial charge in [-0.2, -0.15) is 0 Å². The highest BCUT2D eigenvalue weighted by atomic mass is 16.7. The second-order valence-corrected chi connectivity index (χ2v) is 3.07. The summed E-state index contributed by atoms with van der Waals surface area (Å²) in [5, 5.41) is 0. The molecule has 1 aliphatic rings. The summed E-state index contributed by atoms with van der Waals surface area (Å²) in [6.45, 7) is 0.313. The van der Waals surface area contributed by atoms with Gasteiger partial charge in [0.1, 0.15) is 0 Å². The minimum absolute atomic E-state index is 0.313. The summed E-state index contributed by atoms with van der Waals surface area (Å²) in [7, 11) is 0. The van der Waals surface area contributed by atoms with E-state index in [0.29, 0.717) is 6.79 Å². The van der Waals surface area contributed by atoms with Crippen LogP contribution in [0.2, 0.25) is 0 Å². The zero-order valence-corrected chi connectivity index (χ0v) is 7.41. The quantitative estimate of drug-likeness (QED) is 0.740. The van der Waals surface area contributed by atoms with E-state index in [2.05, 4.69) is 11.1 Å². The monoisotopic (exact) mass is 186 g/mol. The summed E-state index contributed by atoms with van der Waals surface area (Å²) in [4.78, 5) is 3.09. The third-order valence-electron chi connectivity index (χ3n) is 2.20. The lowest BCUT2D eigenvalue weighted by atomic mass is 10.1. The normalized spacial score (nSPS) is 13.1. The van der Waals surface area contributed by atoms with Gasteiger partial charge in [-0.1, -0.05) is 0 Å². The predicted octanol–water partition coefficient (Wildman–Crippen LogP) is 2.21. The molecule has 0 unspecified atom stereocenters. The van der Waals surface area contributed by atoms with Gasteiger partial charge in [-0.05, 0) is 24.3 Å². The maximum atomic E-state index is 5.29. The van der Waals surface area contributed by atoms with Gasteiger partial charge in [-0.25, -0.2) is 0 Å². The lowest BCUT2D eigenvalue weighted by molar-refractivity contribution is 0.174. The molecule has 0 amide bonds. The summed E-state index contributed by atoms with van der Waals surface area (Å²) < 4.78 is 10.5. The number of aromatic nitrogens is 1. The first-order chi connectivity index (χ1) is 6.93. The van der Waals surface area contributed by atoms with Crippen molar-refractivity contribution < 1.29 is 9.47 Å². The number of H-pyrrole nitrogens is 1. The highest BCUT2D eigenvalue weighted by molar-refractivity contribution is 5.63. The Kier molecular flexibility index (Phi) is 1.50. The first-order valence-corrected chi connectivity index (χ1v) is 4.38. The van der Waals surface area contributed by atoms with E-state index < -0.39 is 0 Å². The number of ether oxygens (including phenoxy) is 2. The largest absolute Gasteiger partial charge is 0.454 e. The standard InChI is InChI=1S/C11H8NO2/c1-2-9(12-5-1)8-3-4-10-11(6-8)14-7-13-10/h1,3-6,12H,7H2. The van der Waals surface area contributed by atoms with Crippen molar-refractivity contribution in [3.05, 3.63) is 36.5 Å². The Labute approximate surface area is 81.3 Å². The number of rotatable bonds is 1. The number of nitrogens with one attached hydrogen (secondary N) is 1. The van der Waals surface area contributed by atoms with Crippen LogP contribution in [0.25, 0.3) is 11.3 Å². The van der Waals surface area contributed by atoms with Gasteiger partial charge >= 0.3 is 0 Å². The molecule has 1 aromatic heterocycles. The Bertz CT molecular complexity index is 448. The molecule has 1 aliphatic heterocycles. The fourth-order valence-electron chi connectivity index (χ4n) is 1.51.